The van der Waals surface area contributed by atoms with Crippen LogP contribution in [0.5, 0.6) is 0 Å². The van der Waals surface area contributed by atoms with Crippen molar-refractivity contribution in [3.8, 4) is 0 Å². The monoisotopic (exact) mass is 204 g/mol. The molecule has 0 heterocycles. The van der Waals surface area contributed by atoms with Gasteiger partial charge in [-0.05, 0) is 20.1 Å². The quantitative estimate of drug-likeness (QED) is 0.630. The summed E-state index contributed by atoms with van der Waals surface area (Å²) in [7, 11) is 1.66. The highest BCUT2D eigenvalue weighted by atomic mass is 32.2. The minimum absolute atomic E-state index is 0.0921. The Balaban J connectivity index is 3.41. The van der Waals surface area contributed by atoms with Gasteiger partial charge >= 0.3 is 0 Å². The second-order valence-corrected chi connectivity index (χ2v) is 5.08. The Kier molecular flexibility index (Phi) is 6.16. The molecule has 0 spiro atoms. The number of thioether (sulfide) groups is 1. The fourth-order valence-electron chi connectivity index (χ4n) is 0.789. The molecule has 13 heavy (non-hydrogen) atoms. The van der Waals surface area contributed by atoms with Crippen LogP contribution in [0, 0.1) is 0 Å². The molecule has 0 aliphatic carbocycles. The van der Waals surface area contributed by atoms with Gasteiger partial charge < -0.3 is 10.6 Å². The third-order valence-corrected chi connectivity index (χ3v) is 3.16. The van der Waals surface area contributed by atoms with E-state index in [0.29, 0.717) is 6.42 Å². The van der Waals surface area contributed by atoms with E-state index in [1.54, 1.807) is 7.05 Å². The molecule has 3 nitrogen and oxygen atoms in total. The van der Waals surface area contributed by atoms with E-state index in [1.807, 2.05) is 11.8 Å². The van der Waals surface area contributed by atoms with E-state index in [4.69, 9.17) is 0 Å². The Morgan fingerprint density at radius 1 is 1.46 bits per heavy atom. The van der Waals surface area contributed by atoms with Gasteiger partial charge in [-0.3, -0.25) is 4.79 Å². The van der Waals surface area contributed by atoms with Crippen LogP contribution in [0.15, 0.2) is 0 Å². The summed E-state index contributed by atoms with van der Waals surface area (Å²) in [5.74, 6) is 0.0921. The Morgan fingerprint density at radius 3 is 2.54 bits per heavy atom. The standard InChI is InChI=1S/C9H20N2OS/c1-9(2,13-4)7-11-6-5-8(12)10-3/h11H,5-7H2,1-4H3,(H,10,12). The fraction of sp³-hybridized carbons (Fsp3) is 0.889. The first-order chi connectivity index (χ1) is 6.02. The van der Waals surface area contributed by atoms with E-state index in [9.17, 15) is 4.79 Å². The van der Waals surface area contributed by atoms with Crippen molar-refractivity contribution in [3.05, 3.63) is 0 Å². The number of nitrogens with one attached hydrogen (secondary N) is 2. The largest absolute Gasteiger partial charge is 0.359 e. The van der Waals surface area contributed by atoms with Crippen LogP contribution in [0.2, 0.25) is 0 Å². The molecule has 4 heteroatoms. The van der Waals surface area contributed by atoms with Gasteiger partial charge in [0.15, 0.2) is 0 Å². The lowest BCUT2D eigenvalue weighted by Gasteiger charge is -2.22. The normalized spacial score (nSPS) is 11.4. The van der Waals surface area contributed by atoms with Crippen LogP contribution >= 0.6 is 11.8 Å². The van der Waals surface area contributed by atoms with E-state index < -0.39 is 0 Å². The van der Waals surface area contributed by atoms with Crippen molar-refractivity contribution >= 4 is 17.7 Å². The first kappa shape index (κ1) is 12.8. The van der Waals surface area contributed by atoms with Gasteiger partial charge in [0.1, 0.15) is 0 Å². The van der Waals surface area contributed by atoms with Crippen LogP contribution in [0.25, 0.3) is 0 Å². The third kappa shape index (κ3) is 6.90. The molecule has 0 rings (SSSR count). The van der Waals surface area contributed by atoms with Crippen molar-refractivity contribution in [2.75, 3.05) is 26.4 Å². The van der Waals surface area contributed by atoms with E-state index in [1.165, 1.54) is 0 Å². The van der Waals surface area contributed by atoms with Crippen LogP contribution < -0.4 is 10.6 Å². The van der Waals surface area contributed by atoms with Gasteiger partial charge in [0.2, 0.25) is 5.91 Å². The summed E-state index contributed by atoms with van der Waals surface area (Å²) in [6.07, 6.45) is 2.65. The zero-order chi connectivity index (χ0) is 10.3. The number of hydrogen-bond donors (Lipinski definition) is 2. The number of amides is 1. The first-order valence-corrected chi connectivity index (χ1v) is 5.71. The summed E-state index contributed by atoms with van der Waals surface area (Å²) in [5, 5.41) is 5.85. The minimum atomic E-state index is 0.0921. The lowest BCUT2D eigenvalue weighted by Crippen LogP contribution is -2.34. The van der Waals surface area contributed by atoms with Crippen LogP contribution in [0.4, 0.5) is 0 Å². The molecule has 0 atom stereocenters. The van der Waals surface area contributed by atoms with Crippen molar-refractivity contribution < 1.29 is 4.79 Å². The van der Waals surface area contributed by atoms with E-state index in [-0.39, 0.29) is 10.7 Å². The van der Waals surface area contributed by atoms with Crippen molar-refractivity contribution in [1.29, 1.82) is 0 Å². The summed E-state index contributed by atoms with van der Waals surface area (Å²) >= 11 is 1.83. The Hall–Kier alpha value is -0.220. The Bertz CT molecular complexity index is 160. The smallest absolute Gasteiger partial charge is 0.221 e. The number of hydrogen-bond acceptors (Lipinski definition) is 3. The maximum Gasteiger partial charge on any atom is 0.221 e. The average Bonchev–Trinajstić information content (AvgIpc) is 2.12. The van der Waals surface area contributed by atoms with Crippen LogP contribution in [-0.2, 0) is 4.79 Å². The highest BCUT2D eigenvalue weighted by Gasteiger charge is 2.14. The summed E-state index contributed by atoms with van der Waals surface area (Å²) in [6, 6.07) is 0. The molecule has 1 amide bonds. The molecule has 0 aromatic heterocycles. The fourth-order valence-corrected chi connectivity index (χ4v) is 1.03. The van der Waals surface area contributed by atoms with Crippen molar-refractivity contribution in [3.63, 3.8) is 0 Å². The van der Waals surface area contributed by atoms with Gasteiger partial charge in [-0.1, -0.05) is 0 Å². The summed E-state index contributed by atoms with van der Waals surface area (Å²) in [6.45, 7) is 6.06. The molecule has 0 aliphatic rings. The second-order valence-electron chi connectivity index (χ2n) is 3.56. The Labute approximate surface area is 85.0 Å². The maximum atomic E-state index is 10.8. The zero-order valence-corrected chi connectivity index (χ0v) is 9.75. The van der Waals surface area contributed by atoms with Gasteiger partial charge in [0.05, 0.1) is 0 Å². The van der Waals surface area contributed by atoms with Gasteiger partial charge in [0.25, 0.3) is 0 Å². The van der Waals surface area contributed by atoms with Crippen molar-refractivity contribution in [1.82, 2.24) is 10.6 Å². The van der Waals surface area contributed by atoms with Gasteiger partial charge in [-0.25, -0.2) is 0 Å². The lowest BCUT2D eigenvalue weighted by molar-refractivity contribution is -0.120. The molecule has 0 saturated carbocycles. The van der Waals surface area contributed by atoms with E-state index >= 15 is 0 Å². The molecular weight excluding hydrogens is 184 g/mol. The molecule has 2 N–H and O–H groups in total. The molecule has 0 aromatic rings. The van der Waals surface area contributed by atoms with Crippen LogP contribution in [-0.4, -0.2) is 37.0 Å². The highest BCUT2D eigenvalue weighted by Crippen LogP contribution is 2.19. The van der Waals surface area contributed by atoms with Crippen molar-refractivity contribution in [2.45, 2.75) is 25.0 Å². The van der Waals surface area contributed by atoms with Crippen molar-refractivity contribution in [2.24, 2.45) is 0 Å². The van der Waals surface area contributed by atoms with E-state index in [0.717, 1.165) is 13.1 Å². The van der Waals surface area contributed by atoms with Gasteiger partial charge in [0, 0.05) is 31.3 Å². The number of carbonyl (C=O) groups is 1. The molecule has 0 saturated heterocycles. The predicted molar refractivity (Wildman–Crippen MR) is 59.1 cm³/mol. The molecule has 0 aliphatic heterocycles. The second kappa shape index (κ2) is 6.27. The van der Waals surface area contributed by atoms with Gasteiger partial charge in [-0.15, -0.1) is 0 Å². The summed E-state index contributed by atoms with van der Waals surface area (Å²) in [5.41, 5.74) is 0. The molecule has 0 fully saturated rings. The molecular formula is C9H20N2OS. The average molecular weight is 204 g/mol. The lowest BCUT2D eigenvalue weighted by atomic mass is 10.2. The van der Waals surface area contributed by atoms with Gasteiger partial charge in [-0.2, -0.15) is 11.8 Å². The minimum Gasteiger partial charge on any atom is -0.359 e. The molecule has 78 valence electrons. The molecule has 0 bridgehead atoms. The third-order valence-electron chi connectivity index (χ3n) is 1.91. The highest BCUT2D eigenvalue weighted by molar-refractivity contribution is 7.99. The predicted octanol–water partition coefficient (Wildman–Crippen LogP) is 0.854. The molecule has 0 unspecified atom stereocenters. The summed E-state index contributed by atoms with van der Waals surface area (Å²) in [4.78, 5) is 10.8. The Morgan fingerprint density at radius 2 is 2.08 bits per heavy atom. The SMILES string of the molecule is CNC(=O)CCNCC(C)(C)SC. The summed E-state index contributed by atoms with van der Waals surface area (Å²) < 4.78 is 0.253. The first-order valence-electron chi connectivity index (χ1n) is 4.48. The number of carbonyl (C=O) groups excluding carboxylic acids is 1. The van der Waals surface area contributed by atoms with Crippen LogP contribution in [0.1, 0.15) is 20.3 Å². The topological polar surface area (TPSA) is 41.1 Å². The zero-order valence-electron chi connectivity index (χ0n) is 8.94. The molecule has 0 aromatic carbocycles. The number of rotatable bonds is 6. The van der Waals surface area contributed by atoms with Crippen LogP contribution in [0.3, 0.4) is 0 Å². The maximum absolute atomic E-state index is 10.8. The van der Waals surface area contributed by atoms with E-state index in [2.05, 4.69) is 30.7 Å². The molecule has 0 radical (unpaired) electrons.